The minimum atomic E-state index is -4.42. The molecular formula is C46H82NO8P. The normalized spacial score (nSPS) is 13.9. The Morgan fingerprint density at radius 1 is 0.571 bits per heavy atom. The number of carbonyl (C=O) groups is 2. The number of unbranched alkanes of at least 4 members (excludes halogenated alkanes) is 18. The first-order valence-corrected chi connectivity index (χ1v) is 23.8. The van der Waals surface area contributed by atoms with Crippen molar-refractivity contribution in [3.8, 4) is 0 Å². The predicted octanol–water partition coefficient (Wildman–Crippen LogP) is 12.5. The van der Waals surface area contributed by atoms with Crippen molar-refractivity contribution in [2.24, 2.45) is 0 Å². The van der Waals surface area contributed by atoms with Crippen LogP contribution in [0.15, 0.2) is 60.8 Å². The maximum absolute atomic E-state index is 12.1. The van der Waals surface area contributed by atoms with Crippen molar-refractivity contribution in [1.82, 2.24) is 5.32 Å². The summed E-state index contributed by atoms with van der Waals surface area (Å²) in [5.41, 5.74) is 0. The molecule has 0 rings (SSSR count). The van der Waals surface area contributed by atoms with E-state index in [4.69, 9.17) is 13.8 Å². The second-order valence-electron chi connectivity index (χ2n) is 14.6. The smallest absolute Gasteiger partial charge is 0.463 e. The summed E-state index contributed by atoms with van der Waals surface area (Å²) in [7, 11) is -4.42. The molecule has 2 unspecified atom stereocenters. The van der Waals surface area contributed by atoms with Crippen LogP contribution in [0, 0.1) is 0 Å². The topological polar surface area (TPSA) is 131 Å². The summed E-state index contributed by atoms with van der Waals surface area (Å²) in [4.78, 5) is 33.9. The van der Waals surface area contributed by atoms with E-state index in [1.165, 1.54) is 83.5 Å². The van der Waals surface area contributed by atoms with Crippen LogP contribution in [0.25, 0.3) is 0 Å². The van der Waals surface area contributed by atoms with E-state index in [9.17, 15) is 24.2 Å². The van der Waals surface area contributed by atoms with Gasteiger partial charge in [0.05, 0.1) is 13.2 Å². The number of carbonyl (C=O) groups excluding carboxylic acids is 2. The lowest BCUT2D eigenvalue weighted by Gasteiger charge is -2.15. The van der Waals surface area contributed by atoms with Crippen LogP contribution in [-0.2, 0) is 27.9 Å². The average molecular weight is 808 g/mol. The Morgan fingerprint density at radius 2 is 1.02 bits per heavy atom. The molecule has 56 heavy (non-hydrogen) atoms. The molecule has 3 N–H and O–H groups in total. The molecule has 0 heterocycles. The summed E-state index contributed by atoms with van der Waals surface area (Å²) in [5.74, 6) is -0.529. The van der Waals surface area contributed by atoms with Gasteiger partial charge in [-0.3, -0.25) is 18.6 Å². The molecule has 2 atom stereocenters. The molecule has 0 saturated carbocycles. The van der Waals surface area contributed by atoms with Crippen LogP contribution in [0.2, 0.25) is 0 Å². The van der Waals surface area contributed by atoms with Crippen molar-refractivity contribution in [3.63, 3.8) is 0 Å². The molecule has 0 saturated heterocycles. The minimum absolute atomic E-state index is 0.0733. The number of nitrogens with one attached hydrogen (secondary N) is 1. The number of amides is 1. The van der Waals surface area contributed by atoms with Crippen LogP contribution < -0.4 is 5.32 Å². The number of rotatable bonds is 41. The van der Waals surface area contributed by atoms with Gasteiger partial charge in [0.1, 0.15) is 12.7 Å². The minimum Gasteiger partial charge on any atom is -0.463 e. The summed E-state index contributed by atoms with van der Waals surface area (Å²) < 4.78 is 26.9. The van der Waals surface area contributed by atoms with Gasteiger partial charge in [-0.15, -0.1) is 0 Å². The molecule has 0 fully saturated rings. The lowest BCUT2D eigenvalue weighted by Crippen LogP contribution is -2.27. The molecule has 0 radical (unpaired) electrons. The monoisotopic (exact) mass is 808 g/mol. The fourth-order valence-electron chi connectivity index (χ4n) is 5.88. The van der Waals surface area contributed by atoms with E-state index in [1.807, 2.05) is 0 Å². The van der Waals surface area contributed by atoms with Gasteiger partial charge >= 0.3 is 13.8 Å². The number of phosphoric ester groups is 1. The quantitative estimate of drug-likeness (QED) is 0.0241. The fourth-order valence-corrected chi connectivity index (χ4v) is 6.63. The molecule has 0 aliphatic carbocycles. The summed E-state index contributed by atoms with van der Waals surface area (Å²) in [5, 5.41) is 12.7. The first-order valence-electron chi connectivity index (χ1n) is 22.3. The van der Waals surface area contributed by atoms with Crippen LogP contribution in [-0.4, -0.2) is 54.3 Å². The van der Waals surface area contributed by atoms with E-state index in [-0.39, 0.29) is 32.1 Å². The van der Waals surface area contributed by atoms with Crippen LogP contribution in [0.3, 0.4) is 0 Å². The summed E-state index contributed by atoms with van der Waals surface area (Å²) in [6.07, 6.45) is 50.1. The lowest BCUT2D eigenvalue weighted by atomic mass is 10.0. The predicted molar refractivity (Wildman–Crippen MR) is 233 cm³/mol. The van der Waals surface area contributed by atoms with E-state index in [0.717, 1.165) is 77.0 Å². The number of allylic oxidation sites excluding steroid dienone is 10. The lowest BCUT2D eigenvalue weighted by molar-refractivity contribution is -0.147. The third-order valence-corrected chi connectivity index (χ3v) is 10.2. The Bertz CT molecular complexity index is 1100. The zero-order valence-electron chi connectivity index (χ0n) is 35.6. The highest BCUT2D eigenvalue weighted by molar-refractivity contribution is 7.47. The Kier molecular flexibility index (Phi) is 40.6. The van der Waals surface area contributed by atoms with Crippen molar-refractivity contribution < 1.29 is 37.9 Å². The van der Waals surface area contributed by atoms with Crippen molar-refractivity contribution in [1.29, 1.82) is 0 Å². The molecule has 0 bridgehead atoms. The fraction of sp³-hybridized carbons (Fsp3) is 0.739. The van der Waals surface area contributed by atoms with E-state index < -0.39 is 26.5 Å². The van der Waals surface area contributed by atoms with Crippen molar-refractivity contribution in [3.05, 3.63) is 60.8 Å². The summed E-state index contributed by atoms with van der Waals surface area (Å²) in [6, 6.07) is 0. The Morgan fingerprint density at radius 3 is 1.54 bits per heavy atom. The Hall–Kier alpha value is -2.29. The van der Waals surface area contributed by atoms with Crippen molar-refractivity contribution in [2.45, 2.75) is 193 Å². The van der Waals surface area contributed by atoms with E-state index >= 15 is 0 Å². The zero-order chi connectivity index (χ0) is 41.1. The third-order valence-electron chi connectivity index (χ3n) is 9.21. The molecular weight excluding hydrogens is 725 g/mol. The summed E-state index contributed by atoms with van der Waals surface area (Å²) >= 11 is 0. The second kappa shape index (κ2) is 42.3. The van der Waals surface area contributed by atoms with Gasteiger partial charge in [-0.1, -0.05) is 177 Å². The molecule has 324 valence electrons. The van der Waals surface area contributed by atoms with Gasteiger partial charge in [0.15, 0.2) is 0 Å². The van der Waals surface area contributed by atoms with Crippen LogP contribution in [0.1, 0.15) is 187 Å². The average Bonchev–Trinajstić information content (AvgIpc) is 3.18. The second-order valence-corrected chi connectivity index (χ2v) is 16.1. The van der Waals surface area contributed by atoms with E-state index in [2.05, 4.69) is 79.9 Å². The molecule has 0 spiro atoms. The van der Waals surface area contributed by atoms with Gasteiger partial charge in [-0.2, -0.15) is 0 Å². The van der Waals surface area contributed by atoms with Gasteiger partial charge in [-0.25, -0.2) is 4.57 Å². The Balaban J connectivity index is 3.62. The SMILES string of the molecule is CC/C=C\C/C=C\C/C=C\C/C=C\C/C=C\CCCCCCCCCC(=O)NCCOP(=O)(O)OCC(O)COC(=O)CCCCCCCCCCCCCC. The molecule has 0 aromatic rings. The van der Waals surface area contributed by atoms with Crippen LogP contribution in [0.5, 0.6) is 0 Å². The third kappa shape index (κ3) is 42.8. The standard InChI is InChI=1S/C46H82NO8P/c1-3-5-7-9-11-13-15-17-18-19-20-21-22-23-24-25-26-27-28-30-32-34-36-38-45(49)47-40-41-54-56(51,52)55-43-44(48)42-53-46(50)39-37-35-33-31-29-16-14-12-10-8-6-4-2/h5,7,11,13,17-18,20-21,23-24,44,48H,3-4,6,8-10,12,14-16,19,22,25-43H2,1-2H3,(H,47,49)(H,51,52)/b7-5-,13-11-,18-17-,21-20-,24-23-. The van der Waals surface area contributed by atoms with E-state index in [1.54, 1.807) is 0 Å². The van der Waals surface area contributed by atoms with Crippen LogP contribution >= 0.6 is 7.82 Å². The Labute approximate surface area is 342 Å². The largest absolute Gasteiger partial charge is 0.472 e. The van der Waals surface area contributed by atoms with Gasteiger partial charge < -0.3 is 20.1 Å². The highest BCUT2D eigenvalue weighted by atomic mass is 31.2. The molecule has 0 aromatic carbocycles. The van der Waals surface area contributed by atoms with Gasteiger partial charge in [0.2, 0.25) is 5.91 Å². The van der Waals surface area contributed by atoms with E-state index in [0.29, 0.717) is 6.42 Å². The highest BCUT2D eigenvalue weighted by Crippen LogP contribution is 2.42. The number of ether oxygens (including phenoxy) is 1. The van der Waals surface area contributed by atoms with Gasteiger partial charge in [0, 0.05) is 19.4 Å². The van der Waals surface area contributed by atoms with Crippen molar-refractivity contribution in [2.75, 3.05) is 26.4 Å². The number of hydrogen-bond acceptors (Lipinski definition) is 7. The molecule has 0 aromatic heterocycles. The van der Waals surface area contributed by atoms with Gasteiger partial charge in [-0.05, 0) is 57.8 Å². The summed E-state index contributed by atoms with van der Waals surface area (Å²) in [6.45, 7) is 3.42. The highest BCUT2D eigenvalue weighted by Gasteiger charge is 2.23. The van der Waals surface area contributed by atoms with Crippen LogP contribution in [0.4, 0.5) is 0 Å². The molecule has 0 aliphatic rings. The maximum Gasteiger partial charge on any atom is 0.472 e. The maximum atomic E-state index is 12.1. The van der Waals surface area contributed by atoms with Gasteiger partial charge in [0.25, 0.3) is 0 Å². The molecule has 10 heteroatoms. The number of aliphatic hydroxyl groups excluding tert-OH is 1. The zero-order valence-corrected chi connectivity index (χ0v) is 36.5. The number of esters is 1. The van der Waals surface area contributed by atoms with Crippen molar-refractivity contribution >= 4 is 19.7 Å². The first-order chi connectivity index (χ1) is 27.3. The molecule has 1 amide bonds. The first kappa shape index (κ1) is 53.7. The number of hydrogen-bond donors (Lipinski definition) is 3. The molecule has 0 aliphatic heterocycles. The number of aliphatic hydroxyl groups is 1. The number of phosphoric acid groups is 1. The molecule has 9 nitrogen and oxygen atoms in total.